The molecular formula is C19H27N3O3. The lowest BCUT2D eigenvalue weighted by atomic mass is 10.1. The Morgan fingerprint density at radius 1 is 1.04 bits per heavy atom. The number of hydrogen-bond donors (Lipinski definition) is 2. The maximum Gasteiger partial charge on any atom is 0.322 e. The lowest BCUT2D eigenvalue weighted by Gasteiger charge is -2.35. The Hall–Kier alpha value is -2.08. The third kappa shape index (κ3) is 4.72. The van der Waals surface area contributed by atoms with Gasteiger partial charge < -0.3 is 20.3 Å². The first-order valence-electron chi connectivity index (χ1n) is 9.13. The monoisotopic (exact) mass is 345 g/mol. The Balaban J connectivity index is 1.54. The number of benzene rings is 1. The molecule has 2 aliphatic rings. The van der Waals surface area contributed by atoms with Gasteiger partial charge in [0.25, 0.3) is 5.91 Å². The van der Waals surface area contributed by atoms with Crippen molar-refractivity contribution in [3.63, 3.8) is 0 Å². The van der Waals surface area contributed by atoms with Crippen LogP contribution in [0.3, 0.4) is 0 Å². The highest BCUT2D eigenvalue weighted by Gasteiger charge is 2.26. The molecule has 1 aromatic carbocycles. The summed E-state index contributed by atoms with van der Waals surface area (Å²) in [4.78, 5) is 26.4. The van der Waals surface area contributed by atoms with Crippen molar-refractivity contribution < 1.29 is 14.3 Å². The van der Waals surface area contributed by atoms with E-state index in [1.54, 1.807) is 29.2 Å². The normalized spacial score (nSPS) is 24.2. The zero-order chi connectivity index (χ0) is 17.8. The average molecular weight is 345 g/mol. The number of amides is 3. The number of nitrogens with one attached hydrogen (secondary N) is 2. The summed E-state index contributed by atoms with van der Waals surface area (Å²) >= 11 is 0. The standard InChI is InChI=1S/C19H27N3O3/c1-13-11-22(12-14(2)25-13)19(24)21-17-9-7-15(8-10-17)18(23)20-16-5-3-4-6-16/h7-10,13-14,16H,3-6,11-12H2,1-2H3,(H,20,23)(H,21,24)/t13-,14-/m0/s1. The Morgan fingerprint density at radius 3 is 2.24 bits per heavy atom. The molecule has 2 fully saturated rings. The summed E-state index contributed by atoms with van der Waals surface area (Å²) in [6.45, 7) is 5.09. The van der Waals surface area contributed by atoms with Gasteiger partial charge in [0.15, 0.2) is 0 Å². The van der Waals surface area contributed by atoms with Gasteiger partial charge in [-0.1, -0.05) is 12.8 Å². The maximum atomic E-state index is 12.4. The molecule has 0 unspecified atom stereocenters. The van der Waals surface area contributed by atoms with Crippen LogP contribution in [-0.2, 0) is 4.74 Å². The minimum absolute atomic E-state index is 0.0381. The van der Waals surface area contributed by atoms with E-state index in [4.69, 9.17) is 4.74 Å². The van der Waals surface area contributed by atoms with Crippen LogP contribution in [0.1, 0.15) is 49.9 Å². The van der Waals surface area contributed by atoms with Crippen LogP contribution in [0.15, 0.2) is 24.3 Å². The molecule has 1 aliphatic carbocycles. The number of urea groups is 1. The lowest BCUT2D eigenvalue weighted by Crippen LogP contribution is -2.49. The van der Waals surface area contributed by atoms with Crippen LogP contribution in [0.25, 0.3) is 0 Å². The van der Waals surface area contributed by atoms with Crippen molar-refractivity contribution in [2.24, 2.45) is 0 Å². The molecule has 2 atom stereocenters. The molecule has 1 aromatic rings. The Labute approximate surface area is 148 Å². The predicted molar refractivity (Wildman–Crippen MR) is 96.8 cm³/mol. The van der Waals surface area contributed by atoms with Crippen LogP contribution in [0, 0.1) is 0 Å². The van der Waals surface area contributed by atoms with Crippen LogP contribution in [0.4, 0.5) is 10.5 Å². The summed E-state index contributed by atoms with van der Waals surface area (Å²) in [7, 11) is 0. The van der Waals surface area contributed by atoms with Crippen molar-refractivity contribution in [2.45, 2.75) is 57.8 Å². The van der Waals surface area contributed by atoms with Crippen molar-refractivity contribution in [3.8, 4) is 0 Å². The quantitative estimate of drug-likeness (QED) is 0.885. The van der Waals surface area contributed by atoms with Crippen molar-refractivity contribution in [3.05, 3.63) is 29.8 Å². The van der Waals surface area contributed by atoms with E-state index in [9.17, 15) is 9.59 Å². The molecule has 3 amide bonds. The number of morpholine rings is 1. The van der Waals surface area contributed by atoms with Gasteiger partial charge >= 0.3 is 6.03 Å². The van der Waals surface area contributed by atoms with Gasteiger partial charge in [-0.2, -0.15) is 0 Å². The summed E-state index contributed by atoms with van der Waals surface area (Å²) in [6.07, 6.45) is 4.59. The summed E-state index contributed by atoms with van der Waals surface area (Å²) in [6, 6.07) is 7.22. The van der Waals surface area contributed by atoms with Gasteiger partial charge in [0, 0.05) is 30.4 Å². The summed E-state index contributed by atoms with van der Waals surface area (Å²) in [5, 5.41) is 5.96. The van der Waals surface area contributed by atoms with Crippen LogP contribution in [0.2, 0.25) is 0 Å². The third-order valence-corrected chi connectivity index (χ3v) is 4.80. The molecule has 0 radical (unpaired) electrons. The van der Waals surface area contributed by atoms with Crippen LogP contribution in [0.5, 0.6) is 0 Å². The first kappa shape index (κ1) is 17.7. The van der Waals surface area contributed by atoms with E-state index >= 15 is 0 Å². The molecule has 0 aromatic heterocycles. The molecule has 136 valence electrons. The van der Waals surface area contributed by atoms with Crippen LogP contribution < -0.4 is 10.6 Å². The Morgan fingerprint density at radius 2 is 1.64 bits per heavy atom. The maximum absolute atomic E-state index is 12.4. The molecule has 3 rings (SSSR count). The average Bonchev–Trinajstić information content (AvgIpc) is 3.07. The molecule has 0 bridgehead atoms. The number of anilines is 1. The van der Waals surface area contributed by atoms with Gasteiger partial charge in [0.05, 0.1) is 12.2 Å². The lowest BCUT2D eigenvalue weighted by molar-refractivity contribution is -0.0530. The molecule has 25 heavy (non-hydrogen) atoms. The van der Waals surface area contributed by atoms with Gasteiger partial charge in [-0.3, -0.25) is 4.79 Å². The highest BCUT2D eigenvalue weighted by Crippen LogP contribution is 2.19. The van der Waals surface area contributed by atoms with Crippen molar-refractivity contribution >= 4 is 17.6 Å². The summed E-state index contributed by atoms with van der Waals surface area (Å²) in [5.41, 5.74) is 1.31. The molecule has 0 spiro atoms. The molecule has 1 heterocycles. The number of rotatable bonds is 3. The third-order valence-electron chi connectivity index (χ3n) is 4.80. The number of nitrogens with zero attached hydrogens (tertiary/aromatic N) is 1. The first-order valence-corrected chi connectivity index (χ1v) is 9.13. The van der Waals surface area contributed by atoms with E-state index < -0.39 is 0 Å². The topological polar surface area (TPSA) is 70.7 Å². The number of ether oxygens (including phenoxy) is 1. The largest absolute Gasteiger partial charge is 0.372 e. The second kappa shape index (κ2) is 7.87. The fraction of sp³-hybridized carbons (Fsp3) is 0.579. The minimum Gasteiger partial charge on any atom is -0.372 e. The number of carbonyl (C=O) groups is 2. The van der Waals surface area contributed by atoms with Crippen molar-refractivity contribution in [1.82, 2.24) is 10.2 Å². The smallest absolute Gasteiger partial charge is 0.322 e. The van der Waals surface area contributed by atoms with Gasteiger partial charge in [-0.05, 0) is 51.0 Å². The van der Waals surface area contributed by atoms with E-state index in [0.717, 1.165) is 12.8 Å². The second-order valence-electron chi connectivity index (χ2n) is 7.12. The molecular weight excluding hydrogens is 318 g/mol. The molecule has 1 saturated heterocycles. The van der Waals surface area contributed by atoms with Gasteiger partial charge in [-0.15, -0.1) is 0 Å². The number of carbonyl (C=O) groups excluding carboxylic acids is 2. The molecule has 2 N–H and O–H groups in total. The molecule has 1 aliphatic heterocycles. The molecule has 6 heteroatoms. The van der Waals surface area contributed by atoms with Gasteiger partial charge in [0.2, 0.25) is 0 Å². The molecule has 6 nitrogen and oxygen atoms in total. The SMILES string of the molecule is C[C@H]1CN(C(=O)Nc2ccc(C(=O)NC3CCCC3)cc2)C[C@H](C)O1. The highest BCUT2D eigenvalue weighted by molar-refractivity contribution is 5.95. The van der Waals surface area contributed by atoms with E-state index in [2.05, 4.69) is 10.6 Å². The zero-order valence-electron chi connectivity index (χ0n) is 15.0. The fourth-order valence-corrected chi connectivity index (χ4v) is 3.59. The summed E-state index contributed by atoms with van der Waals surface area (Å²) < 4.78 is 5.65. The highest BCUT2D eigenvalue weighted by atomic mass is 16.5. The van der Waals surface area contributed by atoms with Crippen molar-refractivity contribution in [2.75, 3.05) is 18.4 Å². The van der Waals surface area contributed by atoms with Crippen LogP contribution >= 0.6 is 0 Å². The van der Waals surface area contributed by atoms with E-state index in [0.29, 0.717) is 30.4 Å². The minimum atomic E-state index is -0.134. The van der Waals surface area contributed by atoms with Gasteiger partial charge in [-0.25, -0.2) is 4.79 Å². The fourth-order valence-electron chi connectivity index (χ4n) is 3.59. The summed E-state index contributed by atoms with van der Waals surface area (Å²) in [5.74, 6) is -0.0411. The first-order chi connectivity index (χ1) is 12.0. The zero-order valence-corrected chi connectivity index (χ0v) is 15.0. The van der Waals surface area contributed by atoms with E-state index in [1.807, 2.05) is 13.8 Å². The van der Waals surface area contributed by atoms with Crippen LogP contribution in [-0.4, -0.2) is 48.2 Å². The second-order valence-corrected chi connectivity index (χ2v) is 7.12. The Bertz CT molecular complexity index is 601. The number of hydrogen-bond acceptors (Lipinski definition) is 3. The van der Waals surface area contributed by atoms with Crippen molar-refractivity contribution in [1.29, 1.82) is 0 Å². The Kier molecular flexibility index (Phi) is 5.58. The van der Waals surface area contributed by atoms with E-state index in [-0.39, 0.29) is 24.1 Å². The predicted octanol–water partition coefficient (Wildman–Crippen LogP) is 3.00. The van der Waals surface area contributed by atoms with Gasteiger partial charge in [0.1, 0.15) is 0 Å². The van der Waals surface area contributed by atoms with E-state index in [1.165, 1.54) is 12.8 Å². The molecule has 1 saturated carbocycles.